The van der Waals surface area contributed by atoms with Crippen molar-refractivity contribution >= 4 is 15.9 Å². The Morgan fingerprint density at radius 3 is 3.00 bits per heavy atom. The van der Waals surface area contributed by atoms with E-state index in [1.54, 1.807) is 0 Å². The number of hydrogen-bond donors (Lipinski definition) is 2. The first-order chi connectivity index (χ1) is 9.24. The van der Waals surface area contributed by atoms with Crippen LogP contribution in [0.2, 0.25) is 0 Å². The van der Waals surface area contributed by atoms with Crippen LogP contribution in [0.25, 0.3) is 0 Å². The second kappa shape index (κ2) is 5.81. The van der Waals surface area contributed by atoms with Crippen molar-refractivity contribution in [2.24, 2.45) is 0 Å². The summed E-state index contributed by atoms with van der Waals surface area (Å²) in [6.07, 6.45) is 5.14. The van der Waals surface area contributed by atoms with Crippen molar-refractivity contribution in [2.75, 3.05) is 6.61 Å². The number of aliphatic hydroxyl groups excluding tert-OH is 1. The first-order valence-electron chi connectivity index (χ1n) is 7.09. The molecular weight excluding hydrogens is 306 g/mol. The molecule has 3 rings (SSSR count). The van der Waals surface area contributed by atoms with Gasteiger partial charge in [0.15, 0.2) is 0 Å². The van der Waals surface area contributed by atoms with E-state index in [-0.39, 0.29) is 12.1 Å². The minimum Gasteiger partial charge on any atom is -0.493 e. The summed E-state index contributed by atoms with van der Waals surface area (Å²) in [6.45, 7) is 1.55. The van der Waals surface area contributed by atoms with Crippen molar-refractivity contribution in [2.45, 2.75) is 50.8 Å². The molecule has 0 amide bonds. The molecule has 0 bridgehead atoms. The molecule has 1 fully saturated rings. The standard InChI is InChI=1S/C15H20BrNO2/c16-12-7-10-5-6-19-15(10)11(8-12)9-17-13-3-1-2-4-14(13)18/h7-8,13-14,17-18H,1-6,9H2/t13-,14-/m0/s1. The summed E-state index contributed by atoms with van der Waals surface area (Å²) in [5.74, 6) is 1.04. The van der Waals surface area contributed by atoms with E-state index in [0.29, 0.717) is 0 Å². The lowest BCUT2D eigenvalue weighted by atomic mass is 9.92. The Morgan fingerprint density at radius 1 is 1.32 bits per heavy atom. The molecule has 0 saturated heterocycles. The molecule has 3 nitrogen and oxygen atoms in total. The maximum Gasteiger partial charge on any atom is 0.127 e. The topological polar surface area (TPSA) is 41.5 Å². The molecule has 1 aromatic carbocycles. The van der Waals surface area contributed by atoms with E-state index in [2.05, 4.69) is 33.4 Å². The molecule has 0 aromatic heterocycles. The number of halogens is 1. The third kappa shape index (κ3) is 2.96. The van der Waals surface area contributed by atoms with E-state index in [4.69, 9.17) is 4.74 Å². The molecule has 1 aliphatic carbocycles. The van der Waals surface area contributed by atoms with Crippen LogP contribution in [0, 0.1) is 0 Å². The Labute approximate surface area is 122 Å². The molecule has 1 heterocycles. The third-order valence-corrected chi connectivity index (χ3v) is 4.57. The molecule has 1 aromatic rings. The molecule has 1 aliphatic heterocycles. The van der Waals surface area contributed by atoms with Crippen LogP contribution in [0.3, 0.4) is 0 Å². The smallest absolute Gasteiger partial charge is 0.127 e. The summed E-state index contributed by atoms with van der Waals surface area (Å²) < 4.78 is 6.84. The number of fused-ring (bicyclic) bond motifs is 1. The molecule has 2 N–H and O–H groups in total. The van der Waals surface area contributed by atoms with E-state index in [1.165, 1.54) is 17.5 Å². The summed E-state index contributed by atoms with van der Waals surface area (Å²) in [4.78, 5) is 0. The highest BCUT2D eigenvalue weighted by Crippen LogP contribution is 2.33. The van der Waals surface area contributed by atoms with E-state index >= 15 is 0 Å². The van der Waals surface area contributed by atoms with Gasteiger partial charge in [-0.2, -0.15) is 0 Å². The number of benzene rings is 1. The summed E-state index contributed by atoms with van der Waals surface area (Å²) in [5.41, 5.74) is 2.48. The van der Waals surface area contributed by atoms with Crippen LogP contribution >= 0.6 is 15.9 Å². The second-order valence-corrected chi connectivity index (χ2v) is 6.41. The van der Waals surface area contributed by atoms with E-state index < -0.39 is 0 Å². The summed E-state index contributed by atoms with van der Waals surface area (Å²) in [6, 6.07) is 4.48. The SMILES string of the molecule is O[C@H]1CCCC[C@@H]1NCc1cc(Br)cc2c1OCC2. The Bertz CT molecular complexity index is 464. The lowest BCUT2D eigenvalue weighted by Crippen LogP contribution is -2.41. The maximum atomic E-state index is 9.99. The van der Waals surface area contributed by atoms with Crippen LogP contribution in [0.15, 0.2) is 16.6 Å². The number of aliphatic hydroxyl groups is 1. The lowest BCUT2D eigenvalue weighted by Gasteiger charge is -2.28. The maximum absolute atomic E-state index is 9.99. The quantitative estimate of drug-likeness (QED) is 0.897. The molecule has 1 saturated carbocycles. The zero-order valence-electron chi connectivity index (χ0n) is 11.0. The van der Waals surface area contributed by atoms with Gasteiger partial charge in [-0.15, -0.1) is 0 Å². The highest BCUT2D eigenvalue weighted by atomic mass is 79.9. The Hall–Kier alpha value is -0.580. The van der Waals surface area contributed by atoms with Gasteiger partial charge in [0, 0.05) is 29.0 Å². The average molecular weight is 326 g/mol. The van der Waals surface area contributed by atoms with E-state index in [0.717, 1.165) is 49.1 Å². The third-order valence-electron chi connectivity index (χ3n) is 4.11. The zero-order valence-corrected chi connectivity index (χ0v) is 12.6. The van der Waals surface area contributed by atoms with Gasteiger partial charge in [0.1, 0.15) is 5.75 Å². The van der Waals surface area contributed by atoms with Gasteiger partial charge in [0.2, 0.25) is 0 Å². The van der Waals surface area contributed by atoms with Gasteiger partial charge < -0.3 is 15.2 Å². The molecule has 2 aliphatic rings. The van der Waals surface area contributed by atoms with Crippen LogP contribution in [0.1, 0.15) is 36.8 Å². The molecule has 0 spiro atoms. The van der Waals surface area contributed by atoms with Gasteiger partial charge in [-0.1, -0.05) is 28.8 Å². The summed E-state index contributed by atoms with van der Waals surface area (Å²) in [5, 5.41) is 13.5. The van der Waals surface area contributed by atoms with Gasteiger partial charge >= 0.3 is 0 Å². The fraction of sp³-hybridized carbons (Fsp3) is 0.600. The predicted molar refractivity (Wildman–Crippen MR) is 78.4 cm³/mol. The number of ether oxygens (including phenoxy) is 1. The average Bonchev–Trinajstić information content (AvgIpc) is 2.85. The zero-order chi connectivity index (χ0) is 13.2. The second-order valence-electron chi connectivity index (χ2n) is 5.49. The largest absolute Gasteiger partial charge is 0.493 e. The van der Waals surface area contributed by atoms with E-state index in [9.17, 15) is 5.11 Å². The molecule has 0 radical (unpaired) electrons. The fourth-order valence-electron chi connectivity index (χ4n) is 3.07. The van der Waals surface area contributed by atoms with Gasteiger partial charge in [0.05, 0.1) is 12.7 Å². The van der Waals surface area contributed by atoms with Crippen LogP contribution in [-0.2, 0) is 13.0 Å². The summed E-state index contributed by atoms with van der Waals surface area (Å²) >= 11 is 3.56. The first kappa shape index (κ1) is 13.4. The van der Waals surface area contributed by atoms with Gasteiger partial charge in [-0.25, -0.2) is 0 Å². The highest BCUT2D eigenvalue weighted by Gasteiger charge is 2.23. The molecule has 4 heteroatoms. The van der Waals surface area contributed by atoms with Crippen LogP contribution in [0.4, 0.5) is 0 Å². The van der Waals surface area contributed by atoms with Crippen LogP contribution in [-0.4, -0.2) is 23.9 Å². The number of nitrogens with one attached hydrogen (secondary N) is 1. The fourth-order valence-corrected chi connectivity index (χ4v) is 3.62. The van der Waals surface area contributed by atoms with Crippen molar-refractivity contribution in [3.05, 3.63) is 27.7 Å². The minimum atomic E-state index is -0.199. The van der Waals surface area contributed by atoms with Crippen LogP contribution < -0.4 is 10.1 Å². The van der Waals surface area contributed by atoms with Crippen molar-refractivity contribution in [1.29, 1.82) is 0 Å². The molecule has 19 heavy (non-hydrogen) atoms. The van der Waals surface area contributed by atoms with Gasteiger partial charge in [0.25, 0.3) is 0 Å². The summed E-state index contributed by atoms with van der Waals surface area (Å²) in [7, 11) is 0. The minimum absolute atomic E-state index is 0.199. The van der Waals surface area contributed by atoms with Gasteiger partial charge in [-0.3, -0.25) is 0 Å². The lowest BCUT2D eigenvalue weighted by molar-refractivity contribution is 0.0901. The molecule has 104 valence electrons. The molecule has 0 unspecified atom stereocenters. The Morgan fingerprint density at radius 2 is 2.16 bits per heavy atom. The normalized spacial score (nSPS) is 26.0. The predicted octanol–water partition coefficient (Wildman–Crippen LogP) is 2.78. The van der Waals surface area contributed by atoms with Crippen LogP contribution in [0.5, 0.6) is 5.75 Å². The highest BCUT2D eigenvalue weighted by molar-refractivity contribution is 9.10. The Balaban J connectivity index is 1.70. The monoisotopic (exact) mass is 325 g/mol. The molecule has 2 atom stereocenters. The Kier molecular flexibility index (Phi) is 4.10. The van der Waals surface area contributed by atoms with Crippen molar-refractivity contribution in [1.82, 2.24) is 5.32 Å². The van der Waals surface area contributed by atoms with Gasteiger partial charge in [-0.05, 0) is 30.5 Å². The van der Waals surface area contributed by atoms with Crippen molar-refractivity contribution < 1.29 is 9.84 Å². The van der Waals surface area contributed by atoms with Crippen molar-refractivity contribution in [3.8, 4) is 5.75 Å². The van der Waals surface area contributed by atoms with Crippen molar-refractivity contribution in [3.63, 3.8) is 0 Å². The van der Waals surface area contributed by atoms with E-state index in [1.807, 2.05) is 0 Å². The number of hydrogen-bond acceptors (Lipinski definition) is 3. The first-order valence-corrected chi connectivity index (χ1v) is 7.89. The molecular formula is C15H20BrNO2. The number of rotatable bonds is 3.